The van der Waals surface area contributed by atoms with E-state index in [1.165, 1.54) is 16.6 Å². The maximum absolute atomic E-state index is 8.61. The van der Waals surface area contributed by atoms with E-state index in [4.69, 9.17) is 5.26 Å². The molecule has 2 nitrogen and oxygen atoms in total. The molecule has 0 aliphatic rings. The van der Waals surface area contributed by atoms with E-state index >= 15 is 0 Å². The number of nitrogens with zero attached hydrogens (tertiary/aromatic N) is 1. The monoisotopic (exact) mass is 184 g/mol. The Kier molecular flexibility index (Phi) is 2.01. The maximum Gasteiger partial charge on any atom is 0.0669 e. The molecule has 2 aromatic rings. The topological polar surface area (TPSA) is 39.6 Å². The molecule has 0 unspecified atom stereocenters. The van der Waals surface area contributed by atoms with E-state index in [-0.39, 0.29) is 0 Å². The molecule has 14 heavy (non-hydrogen) atoms. The Labute approximate surface area is 83.2 Å². The summed E-state index contributed by atoms with van der Waals surface area (Å²) in [5.41, 5.74) is 4.72. The highest BCUT2D eigenvalue weighted by atomic mass is 14.7. The van der Waals surface area contributed by atoms with Crippen molar-refractivity contribution in [3.8, 4) is 6.07 Å². The van der Waals surface area contributed by atoms with E-state index in [2.05, 4.69) is 31.0 Å². The maximum atomic E-state index is 8.61. The van der Waals surface area contributed by atoms with Gasteiger partial charge in [0.15, 0.2) is 0 Å². The smallest absolute Gasteiger partial charge is 0.0669 e. The van der Waals surface area contributed by atoms with Gasteiger partial charge in [0.1, 0.15) is 0 Å². The highest BCUT2D eigenvalue weighted by Gasteiger charge is 2.04. The van der Waals surface area contributed by atoms with Gasteiger partial charge < -0.3 is 4.98 Å². The molecule has 0 aliphatic heterocycles. The van der Waals surface area contributed by atoms with Crippen LogP contribution in [0, 0.1) is 25.2 Å². The lowest BCUT2D eigenvalue weighted by Gasteiger charge is -1.95. The number of rotatable bonds is 1. The molecule has 70 valence electrons. The first-order chi connectivity index (χ1) is 6.72. The molecule has 0 aliphatic carbocycles. The van der Waals surface area contributed by atoms with Gasteiger partial charge in [0.05, 0.1) is 12.5 Å². The normalized spacial score (nSPS) is 10.4. The predicted octanol–water partition coefficient (Wildman–Crippen LogP) is 2.85. The molecule has 0 amide bonds. The van der Waals surface area contributed by atoms with Crippen molar-refractivity contribution in [1.82, 2.24) is 4.98 Å². The molecule has 1 N–H and O–H groups in total. The first-order valence-electron chi connectivity index (χ1n) is 4.67. The number of hydrogen-bond acceptors (Lipinski definition) is 1. The number of aromatic nitrogens is 1. The third kappa shape index (κ3) is 1.27. The van der Waals surface area contributed by atoms with Gasteiger partial charge in [-0.25, -0.2) is 0 Å². The zero-order valence-corrected chi connectivity index (χ0v) is 8.39. The van der Waals surface area contributed by atoms with E-state index in [1.807, 2.05) is 12.1 Å². The molecule has 2 heteroatoms. The molecule has 0 atom stereocenters. The lowest BCUT2D eigenvalue weighted by Crippen LogP contribution is -1.80. The van der Waals surface area contributed by atoms with Crippen LogP contribution in [0.5, 0.6) is 0 Å². The number of nitriles is 1. The first-order valence-corrected chi connectivity index (χ1v) is 4.67. The van der Waals surface area contributed by atoms with Gasteiger partial charge in [0.2, 0.25) is 0 Å². The van der Waals surface area contributed by atoms with Crippen molar-refractivity contribution in [3.63, 3.8) is 0 Å². The Hall–Kier alpha value is -1.75. The average Bonchev–Trinajstić information content (AvgIpc) is 2.45. The Morgan fingerprint density at radius 1 is 1.36 bits per heavy atom. The summed E-state index contributed by atoms with van der Waals surface area (Å²) in [6, 6.07) is 8.30. The molecule has 0 saturated carbocycles. The summed E-state index contributed by atoms with van der Waals surface area (Å²) in [5, 5.41) is 9.84. The van der Waals surface area contributed by atoms with Crippen molar-refractivity contribution in [2.45, 2.75) is 20.3 Å². The lowest BCUT2D eigenvalue weighted by molar-refractivity contribution is 1.25. The van der Waals surface area contributed by atoms with Gasteiger partial charge in [-0.3, -0.25) is 0 Å². The summed E-state index contributed by atoms with van der Waals surface area (Å²) in [4.78, 5) is 3.31. The van der Waals surface area contributed by atoms with Gasteiger partial charge in [-0.1, -0.05) is 6.07 Å². The first kappa shape index (κ1) is 8.83. The fraction of sp³-hybridized carbons (Fsp3) is 0.250. The van der Waals surface area contributed by atoms with Crippen molar-refractivity contribution < 1.29 is 0 Å². The van der Waals surface area contributed by atoms with Gasteiger partial charge in [-0.2, -0.15) is 5.26 Å². The molecule has 0 radical (unpaired) electrons. The number of aromatic amines is 1. The van der Waals surface area contributed by atoms with E-state index in [9.17, 15) is 0 Å². The molecule has 1 heterocycles. The molecular weight excluding hydrogens is 172 g/mol. The molecule has 0 saturated heterocycles. The van der Waals surface area contributed by atoms with Crippen LogP contribution < -0.4 is 0 Å². The van der Waals surface area contributed by atoms with Crippen LogP contribution in [0.2, 0.25) is 0 Å². The van der Waals surface area contributed by atoms with E-state index in [1.54, 1.807) is 0 Å². The van der Waals surface area contributed by atoms with Crippen LogP contribution in [-0.2, 0) is 6.42 Å². The summed E-state index contributed by atoms with van der Waals surface area (Å²) in [6.07, 6.45) is 0.486. The second kappa shape index (κ2) is 3.19. The average molecular weight is 184 g/mol. The molecule has 0 fully saturated rings. The second-order valence-electron chi connectivity index (χ2n) is 3.59. The Morgan fingerprint density at radius 2 is 2.14 bits per heavy atom. The highest BCUT2D eigenvalue weighted by molar-refractivity contribution is 5.85. The summed E-state index contributed by atoms with van der Waals surface area (Å²) >= 11 is 0. The van der Waals surface area contributed by atoms with Crippen molar-refractivity contribution in [2.75, 3.05) is 0 Å². The van der Waals surface area contributed by atoms with Gasteiger partial charge in [-0.15, -0.1) is 0 Å². The van der Waals surface area contributed by atoms with Crippen LogP contribution in [0.15, 0.2) is 18.2 Å². The third-order valence-electron chi connectivity index (χ3n) is 2.66. The van der Waals surface area contributed by atoms with Crippen molar-refractivity contribution >= 4 is 10.9 Å². The summed E-state index contributed by atoms with van der Waals surface area (Å²) < 4.78 is 0. The number of aryl methyl sites for hydroxylation is 2. The largest absolute Gasteiger partial charge is 0.358 e. The minimum absolute atomic E-state index is 0.486. The molecular formula is C12H12N2. The quantitative estimate of drug-likeness (QED) is 0.727. The third-order valence-corrected chi connectivity index (χ3v) is 2.66. The van der Waals surface area contributed by atoms with Crippen LogP contribution in [0.25, 0.3) is 10.9 Å². The standard InChI is InChI=1S/C12H12N2/c1-8-9(2)14-12-4-3-10(5-6-13)7-11(8)12/h3-4,7,14H,5H2,1-2H3. The molecule has 1 aromatic carbocycles. The van der Waals surface area contributed by atoms with Crippen LogP contribution in [0.4, 0.5) is 0 Å². The second-order valence-corrected chi connectivity index (χ2v) is 3.59. The van der Waals surface area contributed by atoms with Crippen LogP contribution in [0.3, 0.4) is 0 Å². The van der Waals surface area contributed by atoms with Gasteiger partial charge >= 0.3 is 0 Å². The minimum Gasteiger partial charge on any atom is -0.358 e. The van der Waals surface area contributed by atoms with Crippen molar-refractivity contribution in [3.05, 3.63) is 35.0 Å². The lowest BCUT2D eigenvalue weighted by atomic mass is 10.1. The minimum atomic E-state index is 0.486. The number of nitrogens with one attached hydrogen (secondary N) is 1. The Morgan fingerprint density at radius 3 is 2.86 bits per heavy atom. The molecule has 0 bridgehead atoms. The number of fused-ring (bicyclic) bond motifs is 1. The van der Waals surface area contributed by atoms with Gasteiger partial charge in [0, 0.05) is 16.6 Å². The van der Waals surface area contributed by atoms with Crippen LogP contribution in [0.1, 0.15) is 16.8 Å². The van der Waals surface area contributed by atoms with Crippen molar-refractivity contribution in [2.24, 2.45) is 0 Å². The van der Waals surface area contributed by atoms with E-state index < -0.39 is 0 Å². The van der Waals surface area contributed by atoms with Crippen LogP contribution >= 0.6 is 0 Å². The summed E-state index contributed by atoms with van der Waals surface area (Å²) in [5.74, 6) is 0. The SMILES string of the molecule is Cc1[nH]c2ccc(CC#N)cc2c1C. The van der Waals surface area contributed by atoms with Gasteiger partial charge in [0.25, 0.3) is 0 Å². The Bertz CT molecular complexity index is 515. The summed E-state index contributed by atoms with van der Waals surface area (Å²) in [7, 11) is 0. The molecule has 2 rings (SSSR count). The fourth-order valence-corrected chi connectivity index (χ4v) is 1.71. The van der Waals surface area contributed by atoms with Gasteiger partial charge in [-0.05, 0) is 37.1 Å². The molecule has 0 spiro atoms. The van der Waals surface area contributed by atoms with Crippen LogP contribution in [-0.4, -0.2) is 4.98 Å². The molecule has 1 aromatic heterocycles. The number of H-pyrrole nitrogens is 1. The van der Waals surface area contributed by atoms with E-state index in [0.717, 1.165) is 11.1 Å². The zero-order chi connectivity index (χ0) is 10.1. The fourth-order valence-electron chi connectivity index (χ4n) is 1.71. The summed E-state index contributed by atoms with van der Waals surface area (Å²) in [6.45, 7) is 4.17. The zero-order valence-electron chi connectivity index (χ0n) is 8.39. The number of benzene rings is 1. The van der Waals surface area contributed by atoms with E-state index in [0.29, 0.717) is 6.42 Å². The highest BCUT2D eigenvalue weighted by Crippen LogP contribution is 2.22. The number of hydrogen-bond donors (Lipinski definition) is 1. The Balaban J connectivity index is 2.65. The van der Waals surface area contributed by atoms with Crippen molar-refractivity contribution in [1.29, 1.82) is 5.26 Å². The predicted molar refractivity (Wildman–Crippen MR) is 57.1 cm³/mol.